The third-order valence-corrected chi connectivity index (χ3v) is 7.08. The number of amides is 1. The number of aliphatic hydroxyl groups is 1. The Morgan fingerprint density at radius 2 is 1.83 bits per heavy atom. The van der Waals surface area contributed by atoms with E-state index < -0.39 is 17.7 Å². The minimum absolute atomic E-state index is 0.0260. The van der Waals surface area contributed by atoms with Crippen molar-refractivity contribution in [3.63, 3.8) is 0 Å². The maximum Gasteiger partial charge on any atom is 0.301 e. The van der Waals surface area contributed by atoms with Crippen LogP contribution in [0.15, 0.2) is 85.0 Å². The fourth-order valence-corrected chi connectivity index (χ4v) is 5.63. The van der Waals surface area contributed by atoms with Crippen molar-refractivity contribution in [1.82, 2.24) is 4.98 Å². The summed E-state index contributed by atoms with van der Waals surface area (Å²) in [6, 6.07) is 19.1. The van der Waals surface area contributed by atoms with Crippen LogP contribution in [-0.4, -0.2) is 28.4 Å². The Bertz CT molecular complexity index is 1520. The molecule has 1 aliphatic heterocycles. The molecule has 5 rings (SSSR count). The highest BCUT2D eigenvalue weighted by Gasteiger charge is 2.48. The molecule has 0 radical (unpaired) electrons. The van der Waals surface area contributed by atoms with E-state index in [4.69, 9.17) is 9.72 Å². The summed E-state index contributed by atoms with van der Waals surface area (Å²) in [5.74, 6) is -1.07. The molecule has 1 aromatic heterocycles. The summed E-state index contributed by atoms with van der Waals surface area (Å²) in [5.41, 5.74) is 4.02. The number of anilines is 1. The Morgan fingerprint density at radius 1 is 1.11 bits per heavy atom. The zero-order chi connectivity index (χ0) is 25.4. The van der Waals surface area contributed by atoms with Crippen LogP contribution in [0, 0.1) is 13.8 Å². The van der Waals surface area contributed by atoms with E-state index in [0.717, 1.165) is 21.3 Å². The molecule has 1 amide bonds. The first-order chi connectivity index (χ1) is 17.4. The van der Waals surface area contributed by atoms with Gasteiger partial charge in [0.05, 0.1) is 21.8 Å². The lowest BCUT2D eigenvalue weighted by molar-refractivity contribution is -0.132. The van der Waals surface area contributed by atoms with Crippen molar-refractivity contribution in [1.29, 1.82) is 0 Å². The Morgan fingerprint density at radius 3 is 2.53 bits per heavy atom. The van der Waals surface area contributed by atoms with Crippen LogP contribution in [0.2, 0.25) is 0 Å². The van der Waals surface area contributed by atoms with Gasteiger partial charge in [-0.1, -0.05) is 72.5 Å². The molecule has 0 saturated carbocycles. The third kappa shape index (κ3) is 4.07. The summed E-state index contributed by atoms with van der Waals surface area (Å²) < 4.78 is 6.53. The molecule has 36 heavy (non-hydrogen) atoms. The molecule has 0 aliphatic carbocycles. The first-order valence-electron chi connectivity index (χ1n) is 11.5. The van der Waals surface area contributed by atoms with Crippen molar-refractivity contribution in [2.75, 3.05) is 11.5 Å². The van der Waals surface area contributed by atoms with E-state index >= 15 is 0 Å². The summed E-state index contributed by atoms with van der Waals surface area (Å²) in [5, 5.41) is 11.6. The predicted octanol–water partition coefficient (Wildman–Crippen LogP) is 6.10. The molecule has 3 aromatic carbocycles. The predicted molar refractivity (Wildman–Crippen MR) is 142 cm³/mol. The lowest BCUT2D eigenvalue weighted by Gasteiger charge is -2.23. The molecule has 6 nitrogen and oxygen atoms in total. The number of aryl methyl sites for hydroxylation is 2. The average Bonchev–Trinajstić information content (AvgIpc) is 3.42. The molecule has 1 saturated heterocycles. The third-order valence-electron chi connectivity index (χ3n) is 6.08. The number of benzene rings is 3. The van der Waals surface area contributed by atoms with Crippen LogP contribution in [0.25, 0.3) is 16.0 Å². The number of aromatic nitrogens is 1. The van der Waals surface area contributed by atoms with Crippen LogP contribution < -0.4 is 9.64 Å². The van der Waals surface area contributed by atoms with Crippen LogP contribution in [0.1, 0.15) is 28.3 Å². The van der Waals surface area contributed by atoms with Gasteiger partial charge in [0, 0.05) is 5.56 Å². The number of aliphatic hydroxyl groups excluding tert-OH is 1. The Kier molecular flexibility index (Phi) is 6.16. The summed E-state index contributed by atoms with van der Waals surface area (Å²) in [4.78, 5) is 32.9. The molecule has 1 N–H and O–H groups in total. The first-order valence-corrected chi connectivity index (χ1v) is 12.3. The molecule has 1 atom stereocenters. The zero-order valence-corrected chi connectivity index (χ0v) is 20.7. The van der Waals surface area contributed by atoms with Crippen LogP contribution in [0.5, 0.6) is 5.75 Å². The van der Waals surface area contributed by atoms with Gasteiger partial charge in [0.15, 0.2) is 5.13 Å². The van der Waals surface area contributed by atoms with Gasteiger partial charge in [-0.3, -0.25) is 14.5 Å². The lowest BCUT2D eigenvalue weighted by Crippen LogP contribution is -2.29. The number of hydrogen-bond donors (Lipinski definition) is 1. The quantitative estimate of drug-likeness (QED) is 0.151. The van der Waals surface area contributed by atoms with E-state index in [1.807, 2.05) is 32.0 Å². The molecule has 1 unspecified atom stereocenters. The minimum atomic E-state index is -0.847. The number of ether oxygens (including phenoxy) is 1. The zero-order valence-electron chi connectivity index (χ0n) is 19.9. The Hall–Kier alpha value is -4.23. The molecule has 0 bridgehead atoms. The smallest absolute Gasteiger partial charge is 0.301 e. The second-order valence-corrected chi connectivity index (χ2v) is 9.64. The normalized spacial score (nSPS) is 17.1. The number of rotatable bonds is 6. The van der Waals surface area contributed by atoms with Gasteiger partial charge in [0.1, 0.15) is 18.1 Å². The van der Waals surface area contributed by atoms with Crippen LogP contribution in [0.3, 0.4) is 0 Å². The summed E-state index contributed by atoms with van der Waals surface area (Å²) in [7, 11) is 0. The van der Waals surface area contributed by atoms with E-state index in [0.29, 0.717) is 28.6 Å². The summed E-state index contributed by atoms with van der Waals surface area (Å²) >= 11 is 1.35. The highest BCUT2D eigenvalue weighted by Crippen LogP contribution is 2.45. The number of hydrogen-bond acceptors (Lipinski definition) is 6. The van der Waals surface area contributed by atoms with Crippen molar-refractivity contribution >= 4 is 44.1 Å². The van der Waals surface area contributed by atoms with Gasteiger partial charge in [-0.2, -0.15) is 0 Å². The van der Waals surface area contributed by atoms with Crippen molar-refractivity contribution in [2.24, 2.45) is 0 Å². The fourth-order valence-electron chi connectivity index (χ4n) is 4.46. The number of Topliss-reactive ketones (excluding diaryl/α,β-unsaturated/α-hetero) is 1. The van der Waals surface area contributed by atoms with Gasteiger partial charge in [-0.05, 0) is 48.7 Å². The molecule has 0 spiro atoms. The van der Waals surface area contributed by atoms with E-state index in [9.17, 15) is 14.7 Å². The monoisotopic (exact) mass is 496 g/mol. The van der Waals surface area contributed by atoms with E-state index in [1.165, 1.54) is 16.2 Å². The number of ketones is 1. The summed E-state index contributed by atoms with van der Waals surface area (Å²) in [6.45, 7) is 8.00. The molecule has 2 heterocycles. The fraction of sp³-hybridized carbons (Fsp3) is 0.138. The molecule has 180 valence electrons. The average molecular weight is 497 g/mol. The second kappa shape index (κ2) is 9.43. The molecule has 4 aromatic rings. The van der Waals surface area contributed by atoms with E-state index in [2.05, 4.69) is 6.58 Å². The standard InChI is InChI=1S/C29H24N2O4S/c1-4-14-35-21-12-10-19(11-13-21)25-23(26(32)20-8-6-5-7-9-20)27(33)28(34)31(25)29-30-24-18(3)15-17(2)16-22(24)36-29/h4-13,15-16,25,32H,1,14H2,2-3H3/b26-23+. The van der Waals surface area contributed by atoms with Crippen molar-refractivity contribution in [2.45, 2.75) is 19.9 Å². The van der Waals surface area contributed by atoms with E-state index in [-0.39, 0.29) is 11.3 Å². The molecule has 1 fully saturated rings. The van der Waals surface area contributed by atoms with Crippen molar-refractivity contribution < 1.29 is 19.4 Å². The van der Waals surface area contributed by atoms with E-state index in [1.54, 1.807) is 54.6 Å². The van der Waals surface area contributed by atoms with Gasteiger partial charge >= 0.3 is 5.91 Å². The maximum absolute atomic E-state index is 13.4. The first kappa shape index (κ1) is 23.5. The molecule has 7 heteroatoms. The number of nitrogens with zero attached hydrogens (tertiary/aromatic N) is 2. The van der Waals surface area contributed by atoms with Crippen molar-refractivity contribution in [3.05, 3.63) is 107 Å². The minimum Gasteiger partial charge on any atom is -0.507 e. The topological polar surface area (TPSA) is 79.7 Å². The number of fused-ring (bicyclic) bond motifs is 1. The maximum atomic E-state index is 13.4. The van der Waals surface area contributed by atoms with Crippen LogP contribution in [-0.2, 0) is 9.59 Å². The number of thiazole rings is 1. The van der Waals surface area contributed by atoms with Gasteiger partial charge in [-0.15, -0.1) is 0 Å². The highest BCUT2D eigenvalue weighted by atomic mass is 32.1. The second-order valence-electron chi connectivity index (χ2n) is 8.63. The summed E-state index contributed by atoms with van der Waals surface area (Å²) in [6.07, 6.45) is 1.65. The van der Waals surface area contributed by atoms with Crippen LogP contribution in [0.4, 0.5) is 5.13 Å². The number of carbonyl (C=O) groups is 2. The SMILES string of the molecule is C=CCOc1ccc(C2/C(=C(\O)c3ccccc3)C(=O)C(=O)N2c2nc3c(C)cc(C)cc3s2)cc1. The Labute approximate surface area is 212 Å². The van der Waals surface area contributed by atoms with Gasteiger partial charge in [-0.25, -0.2) is 4.98 Å². The highest BCUT2D eigenvalue weighted by molar-refractivity contribution is 7.22. The Balaban J connectivity index is 1.69. The van der Waals surface area contributed by atoms with Gasteiger partial charge in [0.2, 0.25) is 0 Å². The largest absolute Gasteiger partial charge is 0.507 e. The van der Waals surface area contributed by atoms with Gasteiger partial charge in [0.25, 0.3) is 5.78 Å². The molecular weight excluding hydrogens is 472 g/mol. The van der Waals surface area contributed by atoms with Crippen molar-refractivity contribution in [3.8, 4) is 5.75 Å². The lowest BCUT2D eigenvalue weighted by atomic mass is 9.95. The number of carbonyl (C=O) groups excluding carboxylic acids is 2. The van der Waals surface area contributed by atoms with Crippen LogP contribution >= 0.6 is 11.3 Å². The molecule has 1 aliphatic rings. The molecular formula is C29H24N2O4S. The van der Waals surface area contributed by atoms with Gasteiger partial charge < -0.3 is 9.84 Å².